The number of aromatic amines is 2. The number of oxazole rings is 1. The average molecular weight is 383 g/mol. The Hall–Kier alpha value is -3.49. The molecule has 1 aromatic carbocycles. The summed E-state index contributed by atoms with van der Waals surface area (Å²) >= 11 is 0. The van der Waals surface area contributed by atoms with Gasteiger partial charge in [0.15, 0.2) is 12.1 Å². The highest BCUT2D eigenvalue weighted by molar-refractivity contribution is 5.93. The molecule has 0 unspecified atom stereocenters. The number of amides is 1. The van der Waals surface area contributed by atoms with Crippen LogP contribution < -0.4 is 0 Å². The van der Waals surface area contributed by atoms with Crippen LogP contribution in [0.3, 0.4) is 0 Å². The van der Waals surface area contributed by atoms with Gasteiger partial charge < -0.3 is 19.3 Å². The van der Waals surface area contributed by atoms with Crippen molar-refractivity contribution in [2.24, 2.45) is 0 Å². The molecule has 0 spiro atoms. The molecule has 1 atom stereocenters. The van der Waals surface area contributed by atoms with Gasteiger partial charge in [-0.2, -0.15) is 0 Å². The van der Waals surface area contributed by atoms with E-state index in [9.17, 15) is 13.6 Å². The molecule has 4 aromatic rings. The Morgan fingerprint density at radius 1 is 1.29 bits per heavy atom. The summed E-state index contributed by atoms with van der Waals surface area (Å²) in [6, 6.07) is 9.12. The molecule has 0 aliphatic carbocycles. The van der Waals surface area contributed by atoms with Gasteiger partial charge in [-0.1, -0.05) is 18.2 Å². The van der Waals surface area contributed by atoms with Crippen LogP contribution in [-0.4, -0.2) is 37.3 Å². The van der Waals surface area contributed by atoms with Gasteiger partial charge >= 0.3 is 0 Å². The summed E-state index contributed by atoms with van der Waals surface area (Å²) in [6.45, 7) is 0.331. The second kappa shape index (κ2) is 6.29. The van der Waals surface area contributed by atoms with E-state index in [2.05, 4.69) is 19.9 Å². The minimum absolute atomic E-state index is 0.331. The zero-order chi connectivity index (χ0) is 19.3. The first-order valence-corrected chi connectivity index (χ1v) is 8.75. The fraction of sp³-hybridized carbons (Fsp3) is 0.211. The largest absolute Gasteiger partial charge is 0.438 e. The molecular formula is C19H15F2N5O2. The highest BCUT2D eigenvalue weighted by atomic mass is 19.3. The molecule has 0 bridgehead atoms. The van der Waals surface area contributed by atoms with Crippen LogP contribution >= 0.6 is 0 Å². The SMILES string of the molecule is O=C(c1ocnc1C(F)F)N1CCc2[nH]cnc2[C@@H]1c1cc2ccccc2[nH]1. The first-order valence-electron chi connectivity index (χ1n) is 8.75. The van der Waals surface area contributed by atoms with E-state index in [1.54, 1.807) is 6.33 Å². The van der Waals surface area contributed by atoms with Crippen molar-refractivity contribution in [2.75, 3.05) is 6.54 Å². The van der Waals surface area contributed by atoms with E-state index < -0.39 is 29.8 Å². The number of rotatable bonds is 3. The number of nitrogens with one attached hydrogen (secondary N) is 2. The highest BCUT2D eigenvalue weighted by Crippen LogP contribution is 2.36. The van der Waals surface area contributed by atoms with E-state index in [1.807, 2.05) is 30.3 Å². The second-order valence-electron chi connectivity index (χ2n) is 6.60. The first-order chi connectivity index (χ1) is 13.6. The smallest absolute Gasteiger partial charge is 0.292 e. The lowest BCUT2D eigenvalue weighted by molar-refractivity contribution is 0.0640. The number of hydrogen-bond donors (Lipinski definition) is 2. The summed E-state index contributed by atoms with van der Waals surface area (Å²) in [4.78, 5) is 28.9. The number of halogens is 2. The summed E-state index contributed by atoms with van der Waals surface area (Å²) in [5.41, 5.74) is 2.62. The lowest BCUT2D eigenvalue weighted by atomic mass is 9.99. The summed E-state index contributed by atoms with van der Waals surface area (Å²) in [5, 5.41) is 0.987. The van der Waals surface area contributed by atoms with Crippen LogP contribution in [0.25, 0.3) is 10.9 Å². The van der Waals surface area contributed by atoms with Gasteiger partial charge in [0.2, 0.25) is 5.76 Å². The Morgan fingerprint density at radius 2 is 2.14 bits per heavy atom. The molecule has 0 saturated heterocycles. The van der Waals surface area contributed by atoms with Gasteiger partial charge in [0.25, 0.3) is 12.3 Å². The van der Waals surface area contributed by atoms with Crippen molar-refractivity contribution in [1.82, 2.24) is 24.8 Å². The molecule has 4 heterocycles. The van der Waals surface area contributed by atoms with Gasteiger partial charge in [-0.05, 0) is 17.5 Å². The fourth-order valence-corrected chi connectivity index (χ4v) is 3.75. The van der Waals surface area contributed by atoms with E-state index in [-0.39, 0.29) is 0 Å². The van der Waals surface area contributed by atoms with Crippen LogP contribution in [0.5, 0.6) is 0 Å². The number of benzene rings is 1. The van der Waals surface area contributed by atoms with E-state index in [0.717, 1.165) is 28.7 Å². The monoisotopic (exact) mass is 383 g/mol. The zero-order valence-electron chi connectivity index (χ0n) is 14.5. The summed E-state index contributed by atoms with van der Waals surface area (Å²) in [6.07, 6.45) is 0.0924. The Kier molecular flexibility index (Phi) is 3.75. The number of H-pyrrole nitrogens is 2. The molecule has 9 heteroatoms. The maximum atomic E-state index is 13.2. The van der Waals surface area contributed by atoms with Crippen LogP contribution in [-0.2, 0) is 6.42 Å². The Morgan fingerprint density at radius 3 is 2.96 bits per heavy atom. The Bertz CT molecular complexity index is 1130. The lowest BCUT2D eigenvalue weighted by Gasteiger charge is -2.34. The van der Waals surface area contributed by atoms with Gasteiger partial charge in [0, 0.05) is 29.9 Å². The van der Waals surface area contributed by atoms with Crippen LogP contribution in [0, 0.1) is 0 Å². The molecule has 5 rings (SSSR count). The summed E-state index contributed by atoms with van der Waals surface area (Å²) in [7, 11) is 0. The van der Waals surface area contributed by atoms with Crippen molar-refractivity contribution in [1.29, 1.82) is 0 Å². The minimum Gasteiger partial charge on any atom is -0.438 e. The minimum atomic E-state index is -2.89. The molecule has 1 amide bonds. The summed E-state index contributed by atoms with van der Waals surface area (Å²) in [5.74, 6) is -1.07. The predicted octanol–water partition coefficient (Wildman–Crippen LogP) is 3.60. The molecule has 0 saturated carbocycles. The van der Waals surface area contributed by atoms with Crippen LogP contribution in [0.2, 0.25) is 0 Å². The molecule has 1 aliphatic heterocycles. The molecule has 7 nitrogen and oxygen atoms in total. The normalized spacial score (nSPS) is 16.7. The van der Waals surface area contributed by atoms with Crippen molar-refractivity contribution in [3.63, 3.8) is 0 Å². The number of imidazole rings is 1. The fourth-order valence-electron chi connectivity index (χ4n) is 3.75. The predicted molar refractivity (Wildman–Crippen MR) is 94.9 cm³/mol. The Balaban J connectivity index is 1.62. The molecule has 0 fully saturated rings. The standard InChI is InChI=1S/C19H15F2N5O2/c20-18(21)15-17(28-9-24-15)19(27)26-6-5-12-14(23-8-22-12)16(26)13-7-10-3-1-2-4-11(10)25-13/h1-4,7-9,16,18,25H,5-6H2,(H,22,23)/t16-/m0/s1. The van der Waals surface area contributed by atoms with Crippen molar-refractivity contribution in [3.05, 3.63) is 71.6 Å². The molecule has 2 N–H and O–H groups in total. The number of nitrogens with zero attached hydrogens (tertiary/aromatic N) is 3. The van der Waals surface area contributed by atoms with Gasteiger partial charge in [0.05, 0.1) is 12.0 Å². The maximum Gasteiger partial charge on any atom is 0.292 e. The van der Waals surface area contributed by atoms with Crippen molar-refractivity contribution >= 4 is 16.8 Å². The highest BCUT2D eigenvalue weighted by Gasteiger charge is 2.38. The molecule has 1 aliphatic rings. The van der Waals surface area contributed by atoms with Crippen LogP contribution in [0.4, 0.5) is 8.78 Å². The number of fused-ring (bicyclic) bond motifs is 2. The van der Waals surface area contributed by atoms with Gasteiger partial charge in [-0.25, -0.2) is 18.7 Å². The third kappa shape index (κ3) is 2.50. The molecule has 3 aromatic heterocycles. The number of alkyl halides is 2. The third-order valence-corrected chi connectivity index (χ3v) is 5.03. The number of aromatic nitrogens is 4. The first kappa shape index (κ1) is 16.7. The molecule has 0 radical (unpaired) electrons. The zero-order valence-corrected chi connectivity index (χ0v) is 14.5. The van der Waals surface area contributed by atoms with E-state index >= 15 is 0 Å². The van der Waals surface area contributed by atoms with Gasteiger partial charge in [-0.15, -0.1) is 0 Å². The number of carbonyl (C=O) groups is 1. The van der Waals surface area contributed by atoms with E-state index in [1.165, 1.54) is 4.90 Å². The molecular weight excluding hydrogens is 368 g/mol. The maximum absolute atomic E-state index is 13.2. The van der Waals surface area contributed by atoms with Crippen molar-refractivity contribution in [2.45, 2.75) is 18.9 Å². The van der Waals surface area contributed by atoms with E-state index in [0.29, 0.717) is 18.7 Å². The molecule has 142 valence electrons. The number of para-hydroxylation sites is 1. The van der Waals surface area contributed by atoms with Gasteiger partial charge in [0.1, 0.15) is 6.04 Å². The van der Waals surface area contributed by atoms with E-state index in [4.69, 9.17) is 4.42 Å². The van der Waals surface area contributed by atoms with Gasteiger partial charge in [-0.3, -0.25) is 4.79 Å². The summed E-state index contributed by atoms with van der Waals surface area (Å²) < 4.78 is 31.5. The number of carbonyl (C=O) groups excluding carboxylic acids is 1. The van der Waals surface area contributed by atoms with Crippen LogP contribution in [0.1, 0.15) is 45.8 Å². The average Bonchev–Trinajstić information content (AvgIpc) is 3.44. The topological polar surface area (TPSA) is 90.8 Å². The Labute approximate surface area is 157 Å². The van der Waals surface area contributed by atoms with Crippen molar-refractivity contribution in [3.8, 4) is 0 Å². The lowest BCUT2D eigenvalue weighted by Crippen LogP contribution is -2.41. The van der Waals surface area contributed by atoms with Crippen LogP contribution in [0.15, 0.2) is 47.5 Å². The van der Waals surface area contributed by atoms with Crippen molar-refractivity contribution < 1.29 is 18.0 Å². The second-order valence-corrected chi connectivity index (χ2v) is 6.60. The number of hydrogen-bond acceptors (Lipinski definition) is 4. The molecule has 28 heavy (non-hydrogen) atoms. The third-order valence-electron chi connectivity index (χ3n) is 5.03. The quantitative estimate of drug-likeness (QED) is 0.566.